The van der Waals surface area contributed by atoms with Crippen molar-refractivity contribution in [1.29, 1.82) is 0 Å². The van der Waals surface area contributed by atoms with E-state index in [1.807, 2.05) is 18.2 Å². The van der Waals surface area contributed by atoms with E-state index in [1.165, 1.54) is 44.9 Å². The zero-order valence-corrected chi connectivity index (χ0v) is 34.7. The number of hydrogen-bond acceptors (Lipinski definition) is 11. The topological polar surface area (TPSA) is 189 Å². The van der Waals surface area contributed by atoms with E-state index in [4.69, 9.17) is 19.1 Å². The summed E-state index contributed by atoms with van der Waals surface area (Å²) in [6, 6.07) is 0. The minimum absolute atomic E-state index is 0.132. The Labute approximate surface area is 331 Å². The van der Waals surface area contributed by atoms with Crippen molar-refractivity contribution < 1.29 is 58.0 Å². The predicted molar refractivity (Wildman–Crippen MR) is 217 cm³/mol. The average Bonchev–Trinajstić information content (AvgIpc) is 3.17. The Morgan fingerprint density at radius 1 is 0.600 bits per heavy atom. The van der Waals surface area contributed by atoms with Gasteiger partial charge in [-0.15, -0.1) is 0 Å². The molecule has 0 bridgehead atoms. The van der Waals surface area contributed by atoms with Crippen LogP contribution in [0.15, 0.2) is 48.6 Å². The molecule has 0 aromatic carbocycles. The third kappa shape index (κ3) is 36.0. The molecule has 5 atom stereocenters. The van der Waals surface area contributed by atoms with Crippen molar-refractivity contribution in [1.82, 2.24) is 0 Å². The molecule has 0 aliphatic carbocycles. The molecule has 3 unspecified atom stereocenters. The van der Waals surface area contributed by atoms with Gasteiger partial charge in [-0.1, -0.05) is 114 Å². The highest BCUT2D eigenvalue weighted by Crippen LogP contribution is 2.43. The summed E-state index contributed by atoms with van der Waals surface area (Å²) >= 11 is 0. The van der Waals surface area contributed by atoms with Gasteiger partial charge < -0.3 is 34.8 Å². The van der Waals surface area contributed by atoms with E-state index in [0.29, 0.717) is 6.42 Å². The maximum absolute atomic E-state index is 12.6. The highest BCUT2D eigenvalue weighted by Gasteiger charge is 2.27. The van der Waals surface area contributed by atoms with E-state index in [1.54, 1.807) is 0 Å². The Morgan fingerprint density at radius 2 is 1.11 bits per heavy atom. The van der Waals surface area contributed by atoms with Gasteiger partial charge in [0.1, 0.15) is 12.7 Å². The number of aliphatic hydroxyl groups excluding tert-OH is 4. The van der Waals surface area contributed by atoms with E-state index >= 15 is 0 Å². The lowest BCUT2D eigenvalue weighted by molar-refractivity contribution is -0.161. The maximum Gasteiger partial charge on any atom is 0.472 e. The third-order valence-corrected chi connectivity index (χ3v) is 9.61. The van der Waals surface area contributed by atoms with Crippen LogP contribution in [0.3, 0.4) is 0 Å². The summed E-state index contributed by atoms with van der Waals surface area (Å²) in [5, 5.41) is 39.0. The van der Waals surface area contributed by atoms with Crippen LogP contribution in [0.1, 0.15) is 155 Å². The minimum atomic E-state index is -4.70. The third-order valence-electron chi connectivity index (χ3n) is 8.66. The van der Waals surface area contributed by atoms with Crippen molar-refractivity contribution in [3.63, 3.8) is 0 Å². The number of carbonyl (C=O) groups is 2. The van der Waals surface area contributed by atoms with E-state index < -0.39 is 70.6 Å². The molecule has 0 radical (unpaired) electrons. The van der Waals surface area contributed by atoms with Crippen molar-refractivity contribution in [3.05, 3.63) is 48.6 Å². The van der Waals surface area contributed by atoms with Crippen molar-refractivity contribution in [2.24, 2.45) is 0 Å². The Morgan fingerprint density at radius 3 is 1.76 bits per heavy atom. The highest BCUT2D eigenvalue weighted by atomic mass is 31.2. The number of aliphatic hydroxyl groups is 4. The van der Waals surface area contributed by atoms with Gasteiger partial charge in [-0.2, -0.15) is 0 Å². The molecule has 0 aromatic heterocycles. The molecule has 13 heteroatoms. The minimum Gasteiger partial charge on any atom is -0.462 e. The molecular weight excluding hydrogens is 727 g/mol. The second-order valence-corrected chi connectivity index (χ2v) is 15.4. The second kappa shape index (κ2) is 37.4. The number of rotatable bonds is 38. The molecule has 0 amide bonds. The number of phosphoric ester groups is 1. The number of unbranched alkanes of at least 4 members (excludes halogenated alkanes) is 12. The van der Waals surface area contributed by atoms with Crippen LogP contribution in [0.2, 0.25) is 0 Å². The smallest absolute Gasteiger partial charge is 0.462 e. The van der Waals surface area contributed by atoms with Crippen LogP contribution in [-0.4, -0.2) is 88.1 Å². The van der Waals surface area contributed by atoms with Gasteiger partial charge in [0.25, 0.3) is 0 Å². The van der Waals surface area contributed by atoms with E-state index in [-0.39, 0.29) is 32.1 Å². The lowest BCUT2D eigenvalue weighted by Gasteiger charge is -2.20. The Balaban J connectivity index is 4.61. The van der Waals surface area contributed by atoms with Gasteiger partial charge in [0.05, 0.1) is 32.0 Å². The van der Waals surface area contributed by atoms with Crippen LogP contribution in [0.4, 0.5) is 0 Å². The van der Waals surface area contributed by atoms with Gasteiger partial charge in [-0.05, 0) is 77.0 Å². The van der Waals surface area contributed by atoms with Crippen molar-refractivity contribution >= 4 is 19.8 Å². The van der Waals surface area contributed by atoms with Gasteiger partial charge in [0, 0.05) is 12.8 Å². The first-order valence-electron chi connectivity index (χ1n) is 20.8. The molecule has 55 heavy (non-hydrogen) atoms. The Bertz CT molecular complexity index is 1090. The fourth-order valence-electron chi connectivity index (χ4n) is 5.27. The number of carbonyl (C=O) groups excluding carboxylic acids is 2. The number of allylic oxidation sites excluding steroid dienone is 7. The van der Waals surface area contributed by atoms with Crippen LogP contribution in [0.25, 0.3) is 0 Å². The molecule has 0 heterocycles. The van der Waals surface area contributed by atoms with E-state index in [2.05, 4.69) is 48.8 Å². The first-order valence-corrected chi connectivity index (χ1v) is 22.3. The van der Waals surface area contributed by atoms with Gasteiger partial charge in [0.2, 0.25) is 0 Å². The van der Waals surface area contributed by atoms with Crippen LogP contribution in [-0.2, 0) is 32.7 Å². The first kappa shape index (κ1) is 52.9. The second-order valence-electron chi connectivity index (χ2n) is 14.0. The van der Waals surface area contributed by atoms with E-state index in [9.17, 15) is 34.4 Å². The van der Waals surface area contributed by atoms with Crippen LogP contribution in [0.5, 0.6) is 0 Å². The lowest BCUT2D eigenvalue weighted by atomic mass is 10.0. The van der Waals surface area contributed by atoms with Crippen LogP contribution >= 0.6 is 7.82 Å². The summed E-state index contributed by atoms with van der Waals surface area (Å²) in [7, 11) is -4.70. The molecule has 0 saturated heterocycles. The molecule has 0 fully saturated rings. The summed E-state index contributed by atoms with van der Waals surface area (Å²) in [5.74, 6) is -1.22. The summed E-state index contributed by atoms with van der Waals surface area (Å²) in [5.41, 5.74) is 0. The number of ether oxygens (including phenoxy) is 2. The average molecular weight is 803 g/mol. The maximum atomic E-state index is 12.6. The highest BCUT2D eigenvalue weighted by molar-refractivity contribution is 7.47. The molecular formula is C42H75O12P. The van der Waals surface area contributed by atoms with Gasteiger partial charge >= 0.3 is 19.8 Å². The number of esters is 2. The summed E-state index contributed by atoms with van der Waals surface area (Å²) in [4.78, 5) is 35.0. The summed E-state index contributed by atoms with van der Waals surface area (Å²) in [6.07, 6.45) is 31.0. The van der Waals surface area contributed by atoms with Crippen molar-refractivity contribution in [2.45, 2.75) is 180 Å². The SMILES string of the molecule is CCCCC/C=C\C/C=C\C/C=C\CC(O)C(O)CCCC(=O)O[C@H](COC(=O)CCCCCCC/C=C\CCCCCC)COP(=O)(O)OC[C@@H](O)CO. The monoisotopic (exact) mass is 802 g/mol. The fraction of sp³-hybridized carbons (Fsp3) is 0.762. The normalized spacial score (nSPS) is 15.5. The van der Waals surface area contributed by atoms with E-state index in [0.717, 1.165) is 57.8 Å². The molecule has 0 aliphatic heterocycles. The molecule has 320 valence electrons. The first-order chi connectivity index (χ1) is 26.5. The fourth-order valence-corrected chi connectivity index (χ4v) is 6.06. The quantitative estimate of drug-likeness (QED) is 0.0174. The van der Waals surface area contributed by atoms with Gasteiger partial charge in [-0.25, -0.2) is 4.57 Å². The summed E-state index contributed by atoms with van der Waals surface area (Å²) in [6.45, 7) is 1.97. The zero-order valence-electron chi connectivity index (χ0n) is 33.9. The van der Waals surface area contributed by atoms with Gasteiger partial charge in [0.15, 0.2) is 6.10 Å². The number of phosphoric acid groups is 1. The zero-order chi connectivity index (χ0) is 40.8. The molecule has 12 nitrogen and oxygen atoms in total. The standard InChI is InChI=1S/C42H75O12P/c1-3-5-7-9-11-13-15-17-19-21-23-25-27-31-41(47)51-35-38(36-53-55(49,50)52-34-37(44)33-43)54-42(48)32-28-30-40(46)39(45)29-26-24-22-20-18-16-14-12-10-8-6-4-2/h12-15,18,20,24,26,37-40,43-46H,3-11,16-17,19,21-23,25,27-36H2,1-2H3,(H,49,50)/b14-12-,15-13-,20-18-,26-24-/t37-,38+,39?,40?/m0/s1. The lowest BCUT2D eigenvalue weighted by Crippen LogP contribution is -2.30. The van der Waals surface area contributed by atoms with Gasteiger partial charge in [-0.3, -0.25) is 18.6 Å². The molecule has 0 saturated carbocycles. The molecule has 5 N–H and O–H groups in total. The van der Waals surface area contributed by atoms with Crippen molar-refractivity contribution in [2.75, 3.05) is 26.4 Å². The largest absolute Gasteiger partial charge is 0.472 e. The van der Waals surface area contributed by atoms with Crippen molar-refractivity contribution in [3.8, 4) is 0 Å². The molecule has 0 aliphatic rings. The number of hydrogen-bond donors (Lipinski definition) is 5. The Hall–Kier alpha value is -2.15. The predicted octanol–water partition coefficient (Wildman–Crippen LogP) is 8.50. The molecule has 0 rings (SSSR count). The molecule has 0 aromatic rings. The van der Waals surface area contributed by atoms with Crippen LogP contribution in [0, 0.1) is 0 Å². The van der Waals surface area contributed by atoms with Crippen LogP contribution < -0.4 is 0 Å². The molecule has 0 spiro atoms. The Kier molecular flexibility index (Phi) is 36.0. The summed E-state index contributed by atoms with van der Waals surface area (Å²) < 4.78 is 32.4.